The normalized spacial score (nSPS) is 20.2. The SMILES string of the molecule is C=CC(=O)OCCCCCCOc1ccc(C(=O)O[C@H]2COC3C2OC[C@H]3OC(=O)c2ccc(OCCCCCC)cc2)cc1. The molecule has 10 nitrogen and oxygen atoms in total. The average Bonchev–Trinajstić information content (AvgIpc) is 3.65. The third-order valence-corrected chi connectivity index (χ3v) is 7.64. The molecule has 0 aliphatic carbocycles. The van der Waals surface area contributed by atoms with Gasteiger partial charge < -0.3 is 33.2 Å². The van der Waals surface area contributed by atoms with Crippen molar-refractivity contribution in [2.45, 2.75) is 82.7 Å². The number of esters is 3. The maximum atomic E-state index is 12.8. The summed E-state index contributed by atoms with van der Waals surface area (Å²) in [5.41, 5.74) is 0.795. The second-order valence-corrected chi connectivity index (χ2v) is 11.1. The fraction of sp³-hybridized carbons (Fsp3) is 0.514. The molecule has 2 aliphatic rings. The molecule has 0 saturated carbocycles. The minimum atomic E-state index is -0.615. The highest BCUT2D eigenvalue weighted by Gasteiger charge is 2.51. The summed E-state index contributed by atoms with van der Waals surface area (Å²) in [4.78, 5) is 36.6. The molecule has 2 aromatic rings. The van der Waals surface area contributed by atoms with Gasteiger partial charge in [-0.05, 0) is 80.6 Å². The number of carbonyl (C=O) groups is 3. The van der Waals surface area contributed by atoms with E-state index in [1.165, 1.54) is 12.8 Å². The fourth-order valence-corrected chi connectivity index (χ4v) is 5.11. The Hall–Kier alpha value is -3.89. The maximum absolute atomic E-state index is 12.8. The predicted octanol–water partition coefficient (Wildman–Crippen LogP) is 5.86. The molecule has 0 radical (unpaired) electrons. The Morgan fingerprint density at radius 3 is 1.58 bits per heavy atom. The number of ether oxygens (including phenoxy) is 7. The van der Waals surface area contributed by atoms with Crippen LogP contribution in [-0.2, 0) is 28.5 Å². The lowest BCUT2D eigenvalue weighted by Gasteiger charge is -2.17. The van der Waals surface area contributed by atoms with Crippen LogP contribution in [0.4, 0.5) is 0 Å². The minimum absolute atomic E-state index is 0.150. The third-order valence-electron chi connectivity index (χ3n) is 7.64. The van der Waals surface area contributed by atoms with Crippen molar-refractivity contribution in [3.63, 3.8) is 0 Å². The van der Waals surface area contributed by atoms with Crippen LogP contribution in [0.2, 0.25) is 0 Å². The molecule has 4 rings (SSSR count). The Balaban J connectivity index is 1.14. The molecule has 2 unspecified atom stereocenters. The number of carbonyl (C=O) groups excluding carboxylic acids is 3. The van der Waals surface area contributed by atoms with Gasteiger partial charge in [-0.2, -0.15) is 0 Å². The van der Waals surface area contributed by atoms with E-state index in [0.717, 1.165) is 44.6 Å². The zero-order valence-electron chi connectivity index (χ0n) is 26.0. The Labute approximate surface area is 264 Å². The number of benzene rings is 2. The molecule has 4 atom stereocenters. The van der Waals surface area contributed by atoms with Crippen LogP contribution in [0, 0.1) is 0 Å². The smallest absolute Gasteiger partial charge is 0.338 e. The number of hydrogen-bond donors (Lipinski definition) is 0. The van der Waals surface area contributed by atoms with Crippen LogP contribution in [0.15, 0.2) is 61.2 Å². The van der Waals surface area contributed by atoms with E-state index >= 15 is 0 Å². The van der Waals surface area contributed by atoms with Crippen LogP contribution >= 0.6 is 0 Å². The van der Waals surface area contributed by atoms with Crippen LogP contribution in [0.25, 0.3) is 0 Å². The van der Waals surface area contributed by atoms with Crippen molar-refractivity contribution in [3.8, 4) is 11.5 Å². The van der Waals surface area contributed by atoms with E-state index in [9.17, 15) is 14.4 Å². The summed E-state index contributed by atoms with van der Waals surface area (Å²) in [5.74, 6) is -0.000221. The van der Waals surface area contributed by atoms with Gasteiger partial charge in [-0.3, -0.25) is 0 Å². The lowest BCUT2D eigenvalue weighted by molar-refractivity contribution is -0.137. The number of fused-ring (bicyclic) bond motifs is 1. The van der Waals surface area contributed by atoms with Crippen molar-refractivity contribution in [2.24, 2.45) is 0 Å². The highest BCUT2D eigenvalue weighted by atomic mass is 16.7. The molecule has 10 heteroatoms. The van der Waals surface area contributed by atoms with Gasteiger partial charge in [-0.1, -0.05) is 32.8 Å². The lowest BCUT2D eigenvalue weighted by Crippen LogP contribution is -2.36. The van der Waals surface area contributed by atoms with Crippen LogP contribution in [0.1, 0.15) is 79.0 Å². The van der Waals surface area contributed by atoms with Gasteiger partial charge in [-0.25, -0.2) is 14.4 Å². The van der Waals surface area contributed by atoms with E-state index in [0.29, 0.717) is 42.4 Å². The molecule has 0 amide bonds. The van der Waals surface area contributed by atoms with Crippen molar-refractivity contribution in [1.82, 2.24) is 0 Å². The quantitative estimate of drug-likeness (QED) is 0.0814. The average molecular weight is 625 g/mol. The van der Waals surface area contributed by atoms with Gasteiger partial charge >= 0.3 is 17.9 Å². The Morgan fingerprint density at radius 1 is 0.689 bits per heavy atom. The highest BCUT2D eigenvalue weighted by Crippen LogP contribution is 2.32. The summed E-state index contributed by atoms with van der Waals surface area (Å²) in [6.45, 7) is 7.42. The van der Waals surface area contributed by atoms with Gasteiger partial charge in [0.1, 0.15) is 23.7 Å². The monoisotopic (exact) mass is 624 g/mol. The molecule has 0 aromatic heterocycles. The van der Waals surface area contributed by atoms with Gasteiger partial charge in [0.05, 0.1) is 44.2 Å². The van der Waals surface area contributed by atoms with E-state index in [4.69, 9.17) is 33.2 Å². The highest BCUT2D eigenvalue weighted by molar-refractivity contribution is 5.90. The van der Waals surface area contributed by atoms with Crippen molar-refractivity contribution < 1.29 is 47.5 Å². The predicted molar refractivity (Wildman–Crippen MR) is 166 cm³/mol. The van der Waals surface area contributed by atoms with E-state index in [-0.39, 0.29) is 13.2 Å². The molecule has 0 N–H and O–H groups in total. The van der Waals surface area contributed by atoms with Gasteiger partial charge in [0, 0.05) is 6.08 Å². The van der Waals surface area contributed by atoms with Crippen molar-refractivity contribution in [2.75, 3.05) is 33.0 Å². The van der Waals surface area contributed by atoms with Crippen LogP contribution in [0.3, 0.4) is 0 Å². The summed E-state index contributed by atoms with van der Waals surface area (Å²) in [7, 11) is 0. The maximum Gasteiger partial charge on any atom is 0.338 e. The van der Waals surface area contributed by atoms with E-state index in [2.05, 4.69) is 13.5 Å². The van der Waals surface area contributed by atoms with Crippen molar-refractivity contribution in [3.05, 3.63) is 72.3 Å². The molecule has 0 spiro atoms. The summed E-state index contributed by atoms with van der Waals surface area (Å²) in [6, 6.07) is 13.7. The zero-order valence-corrected chi connectivity index (χ0v) is 26.0. The topological polar surface area (TPSA) is 116 Å². The number of hydrogen-bond acceptors (Lipinski definition) is 10. The fourth-order valence-electron chi connectivity index (χ4n) is 5.11. The lowest BCUT2D eigenvalue weighted by atomic mass is 10.1. The standard InChI is InChI=1S/C35H44O10/c1-3-5-6-9-20-39-27-16-12-25(13-17-27)34(37)44-29-23-42-33-30(24-43-32(29)33)45-35(38)26-14-18-28(19-15-26)40-21-10-7-8-11-22-41-31(36)4-2/h4,12-19,29-30,32-33H,2-3,5-11,20-24H2,1H3/t29-,30+,32?,33?/m1/s1. The Bertz CT molecular complexity index is 1230. The Kier molecular flexibility index (Phi) is 13.7. The summed E-state index contributed by atoms with van der Waals surface area (Å²) in [6.07, 6.45) is 6.95. The summed E-state index contributed by atoms with van der Waals surface area (Å²) >= 11 is 0. The first-order chi connectivity index (χ1) is 22.0. The second-order valence-electron chi connectivity index (χ2n) is 11.1. The zero-order chi connectivity index (χ0) is 31.9. The van der Waals surface area contributed by atoms with Gasteiger partial charge in [0.15, 0.2) is 12.2 Å². The first-order valence-corrected chi connectivity index (χ1v) is 15.9. The molecule has 2 fully saturated rings. The number of rotatable bonds is 19. The largest absolute Gasteiger partial charge is 0.494 e. The molecule has 0 bridgehead atoms. The molecule has 2 saturated heterocycles. The molecule has 244 valence electrons. The third kappa shape index (κ3) is 10.6. The van der Waals surface area contributed by atoms with E-state index in [1.54, 1.807) is 48.5 Å². The van der Waals surface area contributed by atoms with Crippen LogP contribution < -0.4 is 9.47 Å². The van der Waals surface area contributed by atoms with Crippen molar-refractivity contribution in [1.29, 1.82) is 0 Å². The summed E-state index contributed by atoms with van der Waals surface area (Å²) < 4.78 is 39.5. The Morgan fingerprint density at radius 2 is 1.13 bits per heavy atom. The number of unbranched alkanes of at least 4 members (excludes halogenated alkanes) is 6. The first-order valence-electron chi connectivity index (χ1n) is 15.9. The van der Waals surface area contributed by atoms with E-state index in [1.807, 2.05) is 0 Å². The molecule has 2 aliphatic heterocycles. The molecule has 2 aromatic carbocycles. The van der Waals surface area contributed by atoms with Gasteiger partial charge in [0.25, 0.3) is 0 Å². The molecular formula is C35H44O10. The van der Waals surface area contributed by atoms with Gasteiger partial charge in [-0.15, -0.1) is 0 Å². The minimum Gasteiger partial charge on any atom is -0.494 e. The molecular weight excluding hydrogens is 580 g/mol. The second kappa shape index (κ2) is 18.2. The van der Waals surface area contributed by atoms with Gasteiger partial charge in [0.2, 0.25) is 0 Å². The molecule has 45 heavy (non-hydrogen) atoms. The van der Waals surface area contributed by atoms with Crippen LogP contribution in [-0.4, -0.2) is 75.4 Å². The van der Waals surface area contributed by atoms with E-state index < -0.39 is 42.3 Å². The first kappa shape index (κ1) is 34.0. The summed E-state index contributed by atoms with van der Waals surface area (Å²) in [5, 5.41) is 0. The van der Waals surface area contributed by atoms with Crippen molar-refractivity contribution >= 4 is 17.9 Å². The van der Waals surface area contributed by atoms with Crippen LogP contribution in [0.5, 0.6) is 11.5 Å². The molecule has 2 heterocycles.